The molecule has 0 unspecified atom stereocenters. The van der Waals surface area contributed by atoms with Crippen LogP contribution in [0, 0.1) is 6.92 Å². The number of nitrogens with zero attached hydrogens (tertiary/aromatic N) is 3. The van der Waals surface area contributed by atoms with Crippen molar-refractivity contribution in [3.05, 3.63) is 40.4 Å². The molecule has 1 atom stereocenters. The summed E-state index contributed by atoms with van der Waals surface area (Å²) in [4.78, 5) is 0.817. The van der Waals surface area contributed by atoms with Gasteiger partial charge in [-0.2, -0.15) is 0 Å². The molecule has 0 bridgehead atoms. The quantitative estimate of drug-likeness (QED) is 0.860. The van der Waals surface area contributed by atoms with Crippen LogP contribution in [0.1, 0.15) is 30.5 Å². The highest BCUT2D eigenvalue weighted by Crippen LogP contribution is 2.36. The summed E-state index contributed by atoms with van der Waals surface area (Å²) in [6.07, 6.45) is 2.35. The Kier molecular flexibility index (Phi) is 3.54. The van der Waals surface area contributed by atoms with Gasteiger partial charge in [-0.25, -0.2) is 0 Å². The second-order valence-electron chi connectivity index (χ2n) is 4.71. The van der Waals surface area contributed by atoms with Crippen molar-refractivity contribution < 1.29 is 4.21 Å². The van der Waals surface area contributed by atoms with E-state index in [1.165, 1.54) is 12.8 Å². The minimum atomic E-state index is -1.08. The Morgan fingerprint density at radius 2 is 2.21 bits per heavy atom. The molecule has 0 aliphatic heterocycles. The summed E-state index contributed by atoms with van der Waals surface area (Å²) in [7, 11) is -1.08. The fraction of sp³-hybridized carbons (Fsp3) is 0.385. The molecule has 1 aromatic carbocycles. The maximum atomic E-state index is 12.4. The van der Waals surface area contributed by atoms with Crippen molar-refractivity contribution in [2.75, 3.05) is 0 Å². The summed E-state index contributed by atoms with van der Waals surface area (Å²) in [5.41, 5.74) is 0. The predicted molar refractivity (Wildman–Crippen MR) is 77.3 cm³/mol. The van der Waals surface area contributed by atoms with Crippen LogP contribution in [-0.2, 0) is 16.6 Å². The number of aryl methyl sites for hydroxylation is 1. The minimum absolute atomic E-state index is 0.424. The van der Waals surface area contributed by atoms with Crippen LogP contribution in [0.15, 0.2) is 33.6 Å². The summed E-state index contributed by atoms with van der Waals surface area (Å²) in [6.45, 7) is 1.96. The van der Waals surface area contributed by atoms with Crippen LogP contribution < -0.4 is 0 Å². The van der Waals surface area contributed by atoms with Crippen molar-refractivity contribution in [2.45, 2.75) is 36.5 Å². The molecule has 100 valence electrons. The predicted octanol–water partition coefficient (Wildman–Crippen LogP) is 2.99. The van der Waals surface area contributed by atoms with Crippen LogP contribution in [-0.4, -0.2) is 19.0 Å². The number of rotatable bonds is 4. The molecule has 0 radical (unpaired) electrons. The lowest BCUT2D eigenvalue weighted by molar-refractivity contribution is 0.664. The van der Waals surface area contributed by atoms with Gasteiger partial charge in [-0.3, -0.25) is 4.21 Å². The molecule has 1 fully saturated rings. The fourth-order valence-corrected chi connectivity index (χ4v) is 3.77. The monoisotopic (exact) mass is 339 g/mol. The van der Waals surface area contributed by atoms with Gasteiger partial charge in [-0.05, 0) is 38.0 Å². The van der Waals surface area contributed by atoms with E-state index in [9.17, 15) is 4.21 Å². The van der Waals surface area contributed by atoms with Crippen LogP contribution in [0.3, 0.4) is 0 Å². The minimum Gasteiger partial charge on any atom is -0.311 e. The average Bonchev–Trinajstić information content (AvgIpc) is 3.15. The first-order valence-electron chi connectivity index (χ1n) is 6.19. The summed E-state index contributed by atoms with van der Waals surface area (Å²) < 4.78 is 15.5. The number of hydrogen-bond acceptors (Lipinski definition) is 3. The standard InChI is InChI=1S/C13H14BrN3OS/c1-9-15-16-13(17(9)11-5-6-11)8-19(18)12-4-2-3-10(14)7-12/h2-4,7,11H,5-6,8H2,1H3/t19-/m0/s1. The molecule has 1 saturated carbocycles. The molecule has 3 rings (SSSR count). The Bertz CT molecular complexity index is 637. The third kappa shape index (κ3) is 2.79. The second-order valence-corrected chi connectivity index (χ2v) is 7.08. The van der Waals surface area contributed by atoms with Crippen molar-refractivity contribution >= 4 is 26.7 Å². The van der Waals surface area contributed by atoms with Crippen LogP contribution in [0.4, 0.5) is 0 Å². The number of hydrogen-bond donors (Lipinski definition) is 0. The molecule has 6 heteroatoms. The smallest absolute Gasteiger partial charge is 0.146 e. The molecular formula is C13H14BrN3OS. The van der Waals surface area contributed by atoms with Gasteiger partial charge in [0, 0.05) is 15.4 Å². The van der Waals surface area contributed by atoms with Crippen molar-refractivity contribution in [1.29, 1.82) is 0 Å². The SMILES string of the molecule is Cc1nnc(C[S@](=O)c2cccc(Br)c2)n1C1CC1. The zero-order valence-electron chi connectivity index (χ0n) is 10.5. The van der Waals surface area contributed by atoms with Crippen LogP contribution in [0.2, 0.25) is 0 Å². The zero-order chi connectivity index (χ0) is 13.4. The van der Waals surface area contributed by atoms with Gasteiger partial charge >= 0.3 is 0 Å². The molecule has 19 heavy (non-hydrogen) atoms. The van der Waals surface area contributed by atoms with E-state index in [0.717, 1.165) is 21.0 Å². The molecule has 0 saturated heterocycles. The molecule has 1 aliphatic rings. The topological polar surface area (TPSA) is 47.8 Å². The van der Waals surface area contributed by atoms with Gasteiger partial charge in [0.15, 0.2) is 0 Å². The van der Waals surface area contributed by atoms with Gasteiger partial charge in [0.2, 0.25) is 0 Å². The summed E-state index contributed by atoms with van der Waals surface area (Å²) in [6, 6.07) is 8.11. The van der Waals surface area contributed by atoms with Gasteiger partial charge < -0.3 is 4.57 Å². The van der Waals surface area contributed by atoms with Crippen molar-refractivity contribution in [3.63, 3.8) is 0 Å². The first kappa shape index (κ1) is 13.0. The summed E-state index contributed by atoms with van der Waals surface area (Å²) in [5.74, 6) is 2.18. The molecule has 4 nitrogen and oxygen atoms in total. The van der Waals surface area contributed by atoms with Gasteiger partial charge in [0.25, 0.3) is 0 Å². The largest absolute Gasteiger partial charge is 0.311 e. The highest BCUT2D eigenvalue weighted by molar-refractivity contribution is 9.10. The lowest BCUT2D eigenvalue weighted by Gasteiger charge is -2.07. The lowest BCUT2D eigenvalue weighted by atomic mass is 10.4. The van der Waals surface area contributed by atoms with E-state index in [1.54, 1.807) is 0 Å². The summed E-state index contributed by atoms with van der Waals surface area (Å²) >= 11 is 3.40. The number of halogens is 1. The third-order valence-corrected chi connectivity index (χ3v) is 4.96. The van der Waals surface area contributed by atoms with Gasteiger partial charge in [-0.15, -0.1) is 10.2 Å². The second kappa shape index (κ2) is 5.17. The first-order chi connectivity index (χ1) is 9.15. The van der Waals surface area contributed by atoms with Crippen molar-refractivity contribution in [1.82, 2.24) is 14.8 Å². The van der Waals surface area contributed by atoms with E-state index in [1.807, 2.05) is 31.2 Å². The molecule has 1 heterocycles. The zero-order valence-corrected chi connectivity index (χ0v) is 12.9. The molecule has 0 amide bonds. The highest BCUT2D eigenvalue weighted by atomic mass is 79.9. The van der Waals surface area contributed by atoms with Crippen molar-refractivity contribution in [3.8, 4) is 0 Å². The van der Waals surface area contributed by atoms with Gasteiger partial charge in [0.05, 0.1) is 16.6 Å². The Labute approximate surface area is 122 Å². The number of benzene rings is 1. The molecule has 1 aliphatic carbocycles. The molecule has 0 spiro atoms. The van der Waals surface area contributed by atoms with E-state index in [-0.39, 0.29) is 0 Å². The van der Waals surface area contributed by atoms with Crippen LogP contribution in [0.25, 0.3) is 0 Å². The van der Waals surface area contributed by atoms with Crippen molar-refractivity contribution in [2.24, 2.45) is 0 Å². The van der Waals surface area contributed by atoms with E-state index in [4.69, 9.17) is 0 Å². The highest BCUT2D eigenvalue weighted by Gasteiger charge is 2.28. The first-order valence-corrected chi connectivity index (χ1v) is 8.30. The van der Waals surface area contributed by atoms with Crippen LogP contribution in [0.5, 0.6) is 0 Å². The number of aromatic nitrogens is 3. The fourth-order valence-electron chi connectivity index (χ4n) is 2.13. The maximum absolute atomic E-state index is 12.4. The van der Waals surface area contributed by atoms with E-state index in [2.05, 4.69) is 30.7 Å². The molecular weight excluding hydrogens is 326 g/mol. The lowest BCUT2D eigenvalue weighted by Crippen LogP contribution is -2.07. The Balaban J connectivity index is 1.83. The van der Waals surface area contributed by atoms with E-state index < -0.39 is 10.8 Å². The maximum Gasteiger partial charge on any atom is 0.146 e. The van der Waals surface area contributed by atoms with Gasteiger partial charge in [0.1, 0.15) is 11.6 Å². The average molecular weight is 340 g/mol. The molecule has 1 aromatic heterocycles. The Hall–Kier alpha value is -1.01. The third-order valence-electron chi connectivity index (χ3n) is 3.17. The molecule has 0 N–H and O–H groups in total. The van der Waals surface area contributed by atoms with E-state index in [0.29, 0.717) is 11.8 Å². The Morgan fingerprint density at radius 3 is 2.89 bits per heavy atom. The summed E-state index contributed by atoms with van der Waals surface area (Å²) in [5, 5.41) is 8.28. The Morgan fingerprint density at radius 1 is 1.42 bits per heavy atom. The van der Waals surface area contributed by atoms with Crippen LogP contribution >= 0.6 is 15.9 Å². The molecule has 2 aromatic rings. The van der Waals surface area contributed by atoms with Gasteiger partial charge in [-0.1, -0.05) is 22.0 Å². The van der Waals surface area contributed by atoms with E-state index >= 15 is 0 Å². The normalized spacial score (nSPS) is 16.5.